The number of hydrogen-bond acceptors (Lipinski definition) is 3. The van der Waals surface area contributed by atoms with E-state index in [1.165, 1.54) is 0 Å². The normalized spacial score (nSPS) is 11.6. The second-order valence-corrected chi connectivity index (χ2v) is 3.22. The van der Waals surface area contributed by atoms with Crippen molar-refractivity contribution in [3.05, 3.63) is 0 Å². The molecule has 0 aromatic rings. The molecule has 0 bridgehead atoms. The van der Waals surface area contributed by atoms with Crippen molar-refractivity contribution in [2.45, 2.75) is 32.2 Å². The van der Waals surface area contributed by atoms with Crippen LogP contribution in [0.4, 0.5) is 4.79 Å². The van der Waals surface area contributed by atoms with Crippen LogP contribution in [-0.2, 0) is 9.59 Å². The van der Waals surface area contributed by atoms with E-state index in [1.807, 2.05) is 6.92 Å². The number of nitrogens with one attached hydrogen (secondary N) is 2. The molecule has 0 aliphatic rings. The third kappa shape index (κ3) is 6.63. The van der Waals surface area contributed by atoms with E-state index in [2.05, 4.69) is 10.6 Å². The van der Waals surface area contributed by atoms with Gasteiger partial charge in [-0.3, -0.25) is 4.79 Å². The van der Waals surface area contributed by atoms with Crippen LogP contribution < -0.4 is 10.6 Å². The van der Waals surface area contributed by atoms with Crippen LogP contribution in [0.25, 0.3) is 0 Å². The van der Waals surface area contributed by atoms with Crippen LogP contribution in [0.3, 0.4) is 0 Å². The highest BCUT2D eigenvalue weighted by Gasteiger charge is 2.20. The highest BCUT2D eigenvalue weighted by atomic mass is 16.4. The zero-order valence-corrected chi connectivity index (χ0v) is 9.02. The Hall–Kier alpha value is -1.79. The largest absolute Gasteiger partial charge is 0.481 e. The van der Waals surface area contributed by atoms with Gasteiger partial charge < -0.3 is 20.8 Å². The van der Waals surface area contributed by atoms with Crippen molar-refractivity contribution in [3.8, 4) is 0 Å². The minimum atomic E-state index is -1.24. The maximum Gasteiger partial charge on any atom is 0.326 e. The molecule has 0 aliphatic carbocycles. The summed E-state index contributed by atoms with van der Waals surface area (Å²) in [5.74, 6) is -2.34. The number of carbonyl (C=O) groups is 3. The van der Waals surface area contributed by atoms with Gasteiger partial charge in [-0.2, -0.15) is 0 Å². The summed E-state index contributed by atoms with van der Waals surface area (Å²) in [6.45, 7) is 2.30. The molecule has 4 N–H and O–H groups in total. The molecule has 0 rings (SSSR count). The van der Waals surface area contributed by atoms with Gasteiger partial charge in [-0.15, -0.1) is 0 Å². The van der Waals surface area contributed by atoms with Crippen LogP contribution in [-0.4, -0.2) is 40.8 Å². The smallest absolute Gasteiger partial charge is 0.326 e. The van der Waals surface area contributed by atoms with Gasteiger partial charge in [0, 0.05) is 13.0 Å². The molecule has 0 heterocycles. The molecule has 0 fully saturated rings. The standard InChI is InChI=1S/C9H16N2O5/c1-2-5-10-9(16)11-6(8(14)15)3-4-7(12)13/h6H,2-5H2,1H3,(H,12,13)(H,14,15)(H2,10,11,16). The fourth-order valence-corrected chi connectivity index (χ4v) is 0.973. The predicted molar refractivity (Wildman–Crippen MR) is 55.1 cm³/mol. The number of rotatable bonds is 7. The number of carboxylic acid groups (broad SMARTS) is 2. The molecule has 0 saturated heterocycles. The molecule has 0 radical (unpaired) electrons. The van der Waals surface area contributed by atoms with Crippen LogP contribution in [0.15, 0.2) is 0 Å². The number of hydrogen-bond donors (Lipinski definition) is 4. The van der Waals surface area contributed by atoms with E-state index in [0.29, 0.717) is 6.54 Å². The topological polar surface area (TPSA) is 116 Å². The Labute approximate surface area is 92.8 Å². The SMILES string of the molecule is CCCNC(=O)NC(CCC(=O)O)C(=O)O. The second-order valence-electron chi connectivity index (χ2n) is 3.22. The van der Waals surface area contributed by atoms with E-state index in [-0.39, 0.29) is 12.8 Å². The zero-order valence-electron chi connectivity index (χ0n) is 9.02. The van der Waals surface area contributed by atoms with E-state index < -0.39 is 24.0 Å². The Morgan fingerprint density at radius 3 is 2.31 bits per heavy atom. The van der Waals surface area contributed by atoms with Gasteiger partial charge in [0.1, 0.15) is 6.04 Å². The maximum atomic E-state index is 11.1. The third-order valence-electron chi connectivity index (χ3n) is 1.79. The Balaban J connectivity index is 4.07. The molecule has 1 atom stereocenters. The lowest BCUT2D eigenvalue weighted by molar-refractivity contribution is -0.140. The Kier molecular flexibility index (Phi) is 6.66. The fourth-order valence-electron chi connectivity index (χ4n) is 0.973. The van der Waals surface area contributed by atoms with Crippen molar-refractivity contribution in [1.82, 2.24) is 10.6 Å². The van der Waals surface area contributed by atoms with Crippen molar-refractivity contribution in [2.75, 3.05) is 6.54 Å². The first-order chi connectivity index (χ1) is 7.47. The highest BCUT2D eigenvalue weighted by molar-refractivity contribution is 5.82. The summed E-state index contributed by atoms with van der Waals surface area (Å²) >= 11 is 0. The van der Waals surface area contributed by atoms with E-state index in [0.717, 1.165) is 6.42 Å². The van der Waals surface area contributed by atoms with Gasteiger partial charge in [0.15, 0.2) is 0 Å². The zero-order chi connectivity index (χ0) is 12.6. The lowest BCUT2D eigenvalue weighted by atomic mass is 10.1. The third-order valence-corrected chi connectivity index (χ3v) is 1.79. The molecule has 92 valence electrons. The summed E-state index contributed by atoms with van der Waals surface area (Å²) in [5.41, 5.74) is 0. The molecule has 0 saturated carbocycles. The summed E-state index contributed by atoms with van der Waals surface area (Å²) in [6, 6.07) is -1.77. The van der Waals surface area contributed by atoms with Crippen molar-refractivity contribution >= 4 is 18.0 Å². The number of urea groups is 1. The van der Waals surface area contributed by atoms with Crippen LogP contribution in [0.2, 0.25) is 0 Å². The van der Waals surface area contributed by atoms with Crippen molar-refractivity contribution in [2.24, 2.45) is 0 Å². The van der Waals surface area contributed by atoms with E-state index in [4.69, 9.17) is 10.2 Å². The average Bonchev–Trinajstić information content (AvgIpc) is 2.20. The van der Waals surface area contributed by atoms with E-state index in [1.54, 1.807) is 0 Å². The molecule has 7 heteroatoms. The quantitative estimate of drug-likeness (QED) is 0.493. The molecular weight excluding hydrogens is 216 g/mol. The molecule has 0 spiro atoms. The average molecular weight is 232 g/mol. The summed E-state index contributed by atoms with van der Waals surface area (Å²) in [4.78, 5) is 32.1. The lowest BCUT2D eigenvalue weighted by Gasteiger charge is -2.13. The van der Waals surface area contributed by atoms with Crippen LogP contribution in [0.5, 0.6) is 0 Å². The van der Waals surface area contributed by atoms with Crippen molar-refractivity contribution in [3.63, 3.8) is 0 Å². The van der Waals surface area contributed by atoms with Crippen LogP contribution in [0, 0.1) is 0 Å². The van der Waals surface area contributed by atoms with Crippen LogP contribution >= 0.6 is 0 Å². The van der Waals surface area contributed by atoms with Gasteiger partial charge in [0.2, 0.25) is 0 Å². The lowest BCUT2D eigenvalue weighted by Crippen LogP contribution is -2.46. The summed E-state index contributed by atoms with van der Waals surface area (Å²) in [7, 11) is 0. The molecular formula is C9H16N2O5. The van der Waals surface area contributed by atoms with Crippen molar-refractivity contribution < 1.29 is 24.6 Å². The van der Waals surface area contributed by atoms with Gasteiger partial charge in [-0.1, -0.05) is 6.92 Å². The molecule has 7 nitrogen and oxygen atoms in total. The van der Waals surface area contributed by atoms with Crippen molar-refractivity contribution in [1.29, 1.82) is 0 Å². The minimum absolute atomic E-state index is 0.135. The fraction of sp³-hybridized carbons (Fsp3) is 0.667. The maximum absolute atomic E-state index is 11.1. The first kappa shape index (κ1) is 14.2. The molecule has 2 amide bonds. The summed E-state index contributed by atoms with van der Waals surface area (Å²) < 4.78 is 0. The second kappa shape index (κ2) is 7.49. The number of aliphatic carboxylic acids is 2. The number of carboxylic acids is 2. The Morgan fingerprint density at radius 2 is 1.88 bits per heavy atom. The first-order valence-corrected chi connectivity index (χ1v) is 4.96. The first-order valence-electron chi connectivity index (χ1n) is 4.96. The van der Waals surface area contributed by atoms with E-state index >= 15 is 0 Å². The van der Waals surface area contributed by atoms with Gasteiger partial charge in [-0.05, 0) is 12.8 Å². The number of amides is 2. The Bertz CT molecular complexity index is 267. The Morgan fingerprint density at radius 1 is 1.25 bits per heavy atom. The highest BCUT2D eigenvalue weighted by Crippen LogP contribution is 1.97. The minimum Gasteiger partial charge on any atom is -0.481 e. The van der Waals surface area contributed by atoms with Gasteiger partial charge >= 0.3 is 18.0 Å². The molecule has 0 aromatic carbocycles. The molecule has 16 heavy (non-hydrogen) atoms. The van der Waals surface area contributed by atoms with Gasteiger partial charge in [0.05, 0.1) is 0 Å². The predicted octanol–water partition coefficient (Wildman–Crippen LogP) is 0.0136. The summed E-state index contributed by atoms with van der Waals surface area (Å²) in [6.07, 6.45) is 0.301. The number of carbonyl (C=O) groups excluding carboxylic acids is 1. The summed E-state index contributed by atoms with van der Waals surface area (Å²) in [5, 5.41) is 21.8. The van der Waals surface area contributed by atoms with Crippen LogP contribution in [0.1, 0.15) is 26.2 Å². The van der Waals surface area contributed by atoms with E-state index in [9.17, 15) is 14.4 Å². The van der Waals surface area contributed by atoms with Gasteiger partial charge in [-0.25, -0.2) is 9.59 Å². The molecule has 0 aromatic heterocycles. The molecule has 0 aliphatic heterocycles. The monoisotopic (exact) mass is 232 g/mol. The molecule has 1 unspecified atom stereocenters. The van der Waals surface area contributed by atoms with Gasteiger partial charge in [0.25, 0.3) is 0 Å².